The van der Waals surface area contributed by atoms with Crippen molar-refractivity contribution < 1.29 is 4.79 Å². The summed E-state index contributed by atoms with van der Waals surface area (Å²) in [6.45, 7) is 9.51. The molecule has 1 saturated carbocycles. The maximum absolute atomic E-state index is 11.9. The minimum atomic E-state index is 0.258. The third kappa shape index (κ3) is 3.22. The van der Waals surface area contributed by atoms with Crippen molar-refractivity contribution in [2.45, 2.75) is 47.0 Å². The van der Waals surface area contributed by atoms with Crippen molar-refractivity contribution in [3.05, 3.63) is 0 Å². The fourth-order valence-corrected chi connectivity index (χ4v) is 2.81. The molecule has 3 atom stereocenters. The summed E-state index contributed by atoms with van der Waals surface area (Å²) in [6.07, 6.45) is 3.59. The Labute approximate surface area is 93.8 Å². The lowest BCUT2D eigenvalue weighted by atomic mass is 9.70. The molecule has 2 unspecified atom stereocenters. The van der Waals surface area contributed by atoms with Gasteiger partial charge in [-0.15, -0.1) is 0 Å². The first-order valence-corrected chi connectivity index (χ1v) is 6.34. The third-order valence-corrected chi connectivity index (χ3v) is 3.71. The fourth-order valence-electron chi connectivity index (χ4n) is 2.81. The lowest BCUT2D eigenvalue weighted by molar-refractivity contribution is -0.129. The highest BCUT2D eigenvalue weighted by Crippen LogP contribution is 2.37. The Morgan fingerprint density at radius 1 is 1.40 bits per heavy atom. The zero-order valence-corrected chi connectivity index (χ0v) is 10.5. The van der Waals surface area contributed by atoms with Crippen molar-refractivity contribution in [3.63, 3.8) is 0 Å². The number of rotatable bonds is 3. The molecule has 0 aromatic rings. The molecule has 0 heterocycles. The molecule has 0 spiro atoms. The van der Waals surface area contributed by atoms with Crippen LogP contribution >= 0.6 is 0 Å². The maximum atomic E-state index is 11.9. The van der Waals surface area contributed by atoms with E-state index in [-0.39, 0.29) is 11.8 Å². The Bertz CT molecular complexity index is 213. The molecule has 1 fully saturated rings. The van der Waals surface area contributed by atoms with E-state index in [1.54, 1.807) is 0 Å². The summed E-state index contributed by atoms with van der Waals surface area (Å²) in [5, 5.41) is 2.98. The molecule has 1 N–H and O–H groups in total. The number of carbonyl (C=O) groups excluding carboxylic acids is 1. The van der Waals surface area contributed by atoms with Crippen LogP contribution in [0.4, 0.5) is 0 Å². The van der Waals surface area contributed by atoms with Crippen molar-refractivity contribution in [2.24, 2.45) is 23.7 Å². The van der Waals surface area contributed by atoms with E-state index < -0.39 is 0 Å². The average molecular weight is 211 g/mol. The predicted octanol–water partition coefficient (Wildman–Crippen LogP) is 2.83. The molecule has 0 bridgehead atoms. The molecule has 1 rings (SSSR count). The van der Waals surface area contributed by atoms with Crippen LogP contribution in [0.5, 0.6) is 0 Å². The van der Waals surface area contributed by atoms with E-state index in [0.717, 1.165) is 13.0 Å². The van der Waals surface area contributed by atoms with Gasteiger partial charge in [-0.25, -0.2) is 0 Å². The Morgan fingerprint density at radius 3 is 2.60 bits per heavy atom. The Balaban J connectivity index is 2.65. The largest absolute Gasteiger partial charge is 0.356 e. The molecule has 1 aliphatic carbocycles. The predicted molar refractivity (Wildman–Crippen MR) is 63.5 cm³/mol. The van der Waals surface area contributed by atoms with Crippen LogP contribution in [0.2, 0.25) is 0 Å². The van der Waals surface area contributed by atoms with Crippen LogP contribution in [-0.2, 0) is 4.79 Å². The second-order valence-electron chi connectivity index (χ2n) is 5.33. The zero-order chi connectivity index (χ0) is 11.4. The molecular weight excluding hydrogens is 186 g/mol. The van der Waals surface area contributed by atoms with Crippen LogP contribution in [0.15, 0.2) is 0 Å². The average Bonchev–Trinajstić information content (AvgIpc) is 2.17. The molecule has 0 radical (unpaired) electrons. The lowest BCUT2D eigenvalue weighted by Crippen LogP contribution is -2.40. The lowest BCUT2D eigenvalue weighted by Gasteiger charge is -2.36. The molecular formula is C13H25NO. The maximum Gasteiger partial charge on any atom is 0.223 e. The van der Waals surface area contributed by atoms with E-state index in [4.69, 9.17) is 0 Å². The summed E-state index contributed by atoms with van der Waals surface area (Å²) in [5.41, 5.74) is 0. The van der Waals surface area contributed by atoms with Gasteiger partial charge in [-0.05, 0) is 37.5 Å². The van der Waals surface area contributed by atoms with E-state index in [9.17, 15) is 4.79 Å². The molecule has 0 aromatic carbocycles. The Morgan fingerprint density at radius 2 is 2.07 bits per heavy atom. The van der Waals surface area contributed by atoms with Gasteiger partial charge in [-0.1, -0.05) is 27.2 Å². The van der Waals surface area contributed by atoms with Crippen LogP contribution in [0, 0.1) is 23.7 Å². The normalized spacial score (nSPS) is 31.7. The highest BCUT2D eigenvalue weighted by Gasteiger charge is 2.34. The third-order valence-electron chi connectivity index (χ3n) is 3.71. The fraction of sp³-hybridized carbons (Fsp3) is 0.923. The van der Waals surface area contributed by atoms with Gasteiger partial charge in [0.2, 0.25) is 5.91 Å². The second kappa shape index (κ2) is 5.53. The van der Waals surface area contributed by atoms with Crippen LogP contribution in [0.1, 0.15) is 47.0 Å². The van der Waals surface area contributed by atoms with Gasteiger partial charge >= 0.3 is 0 Å². The first-order valence-electron chi connectivity index (χ1n) is 6.34. The molecule has 1 aliphatic rings. The number of hydrogen-bond donors (Lipinski definition) is 1. The van der Waals surface area contributed by atoms with Gasteiger partial charge in [-0.2, -0.15) is 0 Å². The van der Waals surface area contributed by atoms with Crippen molar-refractivity contribution in [1.82, 2.24) is 5.32 Å². The van der Waals surface area contributed by atoms with E-state index in [1.807, 2.05) is 6.92 Å². The smallest absolute Gasteiger partial charge is 0.223 e. The molecule has 2 heteroatoms. The van der Waals surface area contributed by atoms with Gasteiger partial charge < -0.3 is 5.32 Å². The van der Waals surface area contributed by atoms with Crippen molar-refractivity contribution >= 4 is 5.91 Å². The van der Waals surface area contributed by atoms with Crippen LogP contribution in [-0.4, -0.2) is 12.5 Å². The summed E-state index contributed by atoms with van der Waals surface area (Å²) in [5.74, 6) is 2.47. The number of nitrogens with one attached hydrogen (secondary N) is 1. The molecule has 1 amide bonds. The second-order valence-corrected chi connectivity index (χ2v) is 5.33. The van der Waals surface area contributed by atoms with E-state index in [2.05, 4.69) is 26.1 Å². The first-order chi connectivity index (χ1) is 7.06. The number of carbonyl (C=O) groups is 1. The van der Waals surface area contributed by atoms with Crippen molar-refractivity contribution in [1.29, 1.82) is 0 Å². The highest BCUT2D eigenvalue weighted by atomic mass is 16.1. The van der Waals surface area contributed by atoms with Crippen molar-refractivity contribution in [2.75, 3.05) is 6.54 Å². The summed E-state index contributed by atoms with van der Waals surface area (Å²) in [6, 6.07) is 0. The topological polar surface area (TPSA) is 29.1 Å². The monoisotopic (exact) mass is 211 g/mol. The quantitative estimate of drug-likeness (QED) is 0.764. The van der Waals surface area contributed by atoms with Gasteiger partial charge in [0.05, 0.1) is 0 Å². The van der Waals surface area contributed by atoms with E-state index in [1.165, 1.54) is 12.8 Å². The standard InChI is InChI=1S/C13H25NO/c1-5-14-13(15)12-8-10(4)6-7-11(12)9(2)3/h9-12H,5-8H2,1-4H3,(H,14,15)/t10-,11?,12?/m1/s1. The molecule has 15 heavy (non-hydrogen) atoms. The Kier molecular flexibility index (Phi) is 4.62. The number of hydrogen-bond acceptors (Lipinski definition) is 1. The number of amides is 1. The van der Waals surface area contributed by atoms with Gasteiger partial charge in [0.1, 0.15) is 0 Å². The minimum Gasteiger partial charge on any atom is -0.356 e. The van der Waals surface area contributed by atoms with Crippen molar-refractivity contribution in [3.8, 4) is 0 Å². The molecule has 88 valence electrons. The van der Waals surface area contributed by atoms with Gasteiger partial charge in [0.25, 0.3) is 0 Å². The van der Waals surface area contributed by atoms with Gasteiger partial charge in [-0.3, -0.25) is 4.79 Å². The Hall–Kier alpha value is -0.530. The van der Waals surface area contributed by atoms with Crippen LogP contribution in [0.25, 0.3) is 0 Å². The van der Waals surface area contributed by atoms with Crippen LogP contribution in [0.3, 0.4) is 0 Å². The van der Waals surface area contributed by atoms with Crippen LogP contribution < -0.4 is 5.32 Å². The summed E-state index contributed by atoms with van der Waals surface area (Å²) in [4.78, 5) is 11.9. The van der Waals surface area contributed by atoms with E-state index >= 15 is 0 Å². The molecule has 0 aromatic heterocycles. The SMILES string of the molecule is CCNC(=O)C1C[C@H](C)CCC1C(C)C. The highest BCUT2D eigenvalue weighted by molar-refractivity contribution is 5.79. The summed E-state index contributed by atoms with van der Waals surface area (Å²) >= 11 is 0. The summed E-state index contributed by atoms with van der Waals surface area (Å²) < 4.78 is 0. The van der Waals surface area contributed by atoms with Gasteiger partial charge in [0.15, 0.2) is 0 Å². The van der Waals surface area contributed by atoms with Gasteiger partial charge in [0, 0.05) is 12.5 Å². The first kappa shape index (κ1) is 12.5. The molecule has 0 aliphatic heterocycles. The summed E-state index contributed by atoms with van der Waals surface area (Å²) in [7, 11) is 0. The minimum absolute atomic E-state index is 0.258. The molecule has 0 saturated heterocycles. The molecule has 2 nitrogen and oxygen atoms in total. The zero-order valence-electron chi connectivity index (χ0n) is 10.5. The van der Waals surface area contributed by atoms with E-state index in [0.29, 0.717) is 17.8 Å².